The number of guanidine groups is 1. The highest BCUT2D eigenvalue weighted by Crippen LogP contribution is 2.27. The molecule has 0 radical (unpaired) electrons. The third-order valence-corrected chi connectivity index (χ3v) is 7.45. The van der Waals surface area contributed by atoms with Crippen molar-refractivity contribution < 1.29 is 8.42 Å². The van der Waals surface area contributed by atoms with E-state index >= 15 is 0 Å². The SMILES string of the molecule is CN=C(NCCS(=O)(=O)NCC1CCC1)NC1CCCC(SC)C1. The average molecular weight is 377 g/mol. The lowest BCUT2D eigenvalue weighted by Crippen LogP contribution is -2.47. The van der Waals surface area contributed by atoms with Crippen molar-refractivity contribution in [3.63, 3.8) is 0 Å². The van der Waals surface area contributed by atoms with Crippen molar-refractivity contribution in [2.24, 2.45) is 10.9 Å². The van der Waals surface area contributed by atoms with E-state index in [0.29, 0.717) is 36.3 Å². The molecule has 8 heteroatoms. The van der Waals surface area contributed by atoms with Crippen LogP contribution < -0.4 is 15.4 Å². The van der Waals surface area contributed by atoms with Gasteiger partial charge in [0.1, 0.15) is 0 Å². The Bertz CT molecular complexity index is 506. The van der Waals surface area contributed by atoms with Gasteiger partial charge < -0.3 is 10.6 Å². The quantitative estimate of drug-likeness (QED) is 0.442. The van der Waals surface area contributed by atoms with E-state index in [-0.39, 0.29) is 5.75 Å². The molecule has 140 valence electrons. The smallest absolute Gasteiger partial charge is 0.213 e. The number of nitrogens with one attached hydrogen (secondary N) is 3. The fraction of sp³-hybridized carbons (Fsp3) is 0.938. The number of rotatable bonds is 8. The van der Waals surface area contributed by atoms with Crippen LogP contribution in [0.2, 0.25) is 0 Å². The van der Waals surface area contributed by atoms with Gasteiger partial charge in [-0.1, -0.05) is 12.8 Å². The Balaban J connectivity index is 1.67. The lowest BCUT2D eigenvalue weighted by atomic mass is 9.86. The van der Waals surface area contributed by atoms with Crippen molar-refractivity contribution >= 4 is 27.7 Å². The number of hydrogen-bond donors (Lipinski definition) is 3. The lowest BCUT2D eigenvalue weighted by Gasteiger charge is -2.29. The molecular formula is C16H32N4O2S2. The molecule has 6 nitrogen and oxygen atoms in total. The van der Waals surface area contributed by atoms with E-state index in [2.05, 4.69) is 26.6 Å². The predicted molar refractivity (Wildman–Crippen MR) is 103 cm³/mol. The first kappa shape index (κ1) is 19.8. The summed E-state index contributed by atoms with van der Waals surface area (Å²) in [6, 6.07) is 0.427. The minimum atomic E-state index is -3.20. The van der Waals surface area contributed by atoms with Crippen molar-refractivity contribution in [3.8, 4) is 0 Å². The molecule has 0 aromatic carbocycles. The highest BCUT2D eigenvalue weighted by Gasteiger charge is 2.22. The van der Waals surface area contributed by atoms with E-state index in [1.165, 1.54) is 19.3 Å². The first-order chi connectivity index (χ1) is 11.5. The largest absolute Gasteiger partial charge is 0.355 e. The van der Waals surface area contributed by atoms with Gasteiger partial charge in [-0.25, -0.2) is 13.1 Å². The summed E-state index contributed by atoms with van der Waals surface area (Å²) in [4.78, 5) is 4.22. The molecule has 0 aromatic heterocycles. The fourth-order valence-electron chi connectivity index (χ4n) is 3.20. The van der Waals surface area contributed by atoms with E-state index in [1.54, 1.807) is 7.05 Å². The summed E-state index contributed by atoms with van der Waals surface area (Å²) in [7, 11) is -1.47. The van der Waals surface area contributed by atoms with Gasteiger partial charge in [0.05, 0.1) is 5.75 Å². The number of aliphatic imine (C=N–C) groups is 1. The van der Waals surface area contributed by atoms with Gasteiger partial charge in [-0.2, -0.15) is 11.8 Å². The monoisotopic (exact) mass is 376 g/mol. The summed E-state index contributed by atoms with van der Waals surface area (Å²) in [5.74, 6) is 1.33. The van der Waals surface area contributed by atoms with Crippen LogP contribution in [0.1, 0.15) is 44.9 Å². The van der Waals surface area contributed by atoms with Gasteiger partial charge in [0, 0.05) is 31.4 Å². The van der Waals surface area contributed by atoms with Crippen LogP contribution >= 0.6 is 11.8 Å². The average Bonchev–Trinajstić information content (AvgIpc) is 2.52. The fourth-order valence-corrected chi connectivity index (χ4v) is 5.03. The molecule has 2 saturated carbocycles. The van der Waals surface area contributed by atoms with Crippen molar-refractivity contribution in [2.75, 3.05) is 32.1 Å². The minimum absolute atomic E-state index is 0.0819. The molecule has 2 aliphatic carbocycles. The van der Waals surface area contributed by atoms with Crippen LogP contribution in [0.25, 0.3) is 0 Å². The normalized spacial score (nSPS) is 26.0. The second-order valence-corrected chi connectivity index (χ2v) is 9.89. The second kappa shape index (κ2) is 9.87. The summed E-state index contributed by atoms with van der Waals surface area (Å²) < 4.78 is 26.7. The topological polar surface area (TPSA) is 82.6 Å². The molecule has 24 heavy (non-hydrogen) atoms. The maximum atomic E-state index is 12.0. The van der Waals surface area contributed by atoms with Gasteiger partial charge in [-0.15, -0.1) is 0 Å². The van der Waals surface area contributed by atoms with Crippen LogP contribution in [0.4, 0.5) is 0 Å². The number of nitrogens with zero attached hydrogens (tertiary/aromatic N) is 1. The van der Waals surface area contributed by atoms with Crippen molar-refractivity contribution in [3.05, 3.63) is 0 Å². The van der Waals surface area contributed by atoms with Crippen molar-refractivity contribution in [2.45, 2.75) is 56.2 Å². The first-order valence-electron chi connectivity index (χ1n) is 8.99. The second-order valence-electron chi connectivity index (χ2n) is 6.83. The van der Waals surface area contributed by atoms with E-state index < -0.39 is 10.0 Å². The zero-order chi connectivity index (χ0) is 17.4. The molecule has 2 fully saturated rings. The Labute approximate surface area is 151 Å². The highest BCUT2D eigenvalue weighted by molar-refractivity contribution is 7.99. The minimum Gasteiger partial charge on any atom is -0.355 e. The maximum Gasteiger partial charge on any atom is 0.213 e. The summed E-state index contributed by atoms with van der Waals surface area (Å²) >= 11 is 1.93. The Kier molecular flexibility index (Phi) is 8.16. The molecule has 2 rings (SSSR count). The van der Waals surface area contributed by atoms with Crippen molar-refractivity contribution in [1.29, 1.82) is 0 Å². The number of sulfonamides is 1. The van der Waals surface area contributed by atoms with Gasteiger partial charge in [0.25, 0.3) is 0 Å². The molecule has 2 atom stereocenters. The van der Waals surface area contributed by atoms with Crippen LogP contribution in [0.5, 0.6) is 0 Å². The lowest BCUT2D eigenvalue weighted by molar-refractivity contribution is 0.316. The molecule has 0 saturated heterocycles. The van der Waals surface area contributed by atoms with Gasteiger partial charge >= 0.3 is 0 Å². The molecule has 0 amide bonds. The Morgan fingerprint density at radius 2 is 1.96 bits per heavy atom. The van der Waals surface area contributed by atoms with Crippen molar-refractivity contribution in [1.82, 2.24) is 15.4 Å². The summed E-state index contributed by atoms with van der Waals surface area (Å²) in [6.45, 7) is 0.964. The molecule has 0 aromatic rings. The molecule has 3 N–H and O–H groups in total. The summed E-state index contributed by atoms with van der Waals surface area (Å²) in [5, 5.41) is 7.28. The van der Waals surface area contributed by atoms with E-state index in [4.69, 9.17) is 0 Å². The molecule has 0 heterocycles. The molecule has 0 aliphatic heterocycles. The van der Waals surface area contributed by atoms with Gasteiger partial charge in [-0.05, 0) is 44.3 Å². The van der Waals surface area contributed by atoms with Crippen LogP contribution in [-0.4, -0.2) is 57.8 Å². The third-order valence-electron chi connectivity index (χ3n) is 5.00. The van der Waals surface area contributed by atoms with Gasteiger partial charge in [0.15, 0.2) is 5.96 Å². The maximum absolute atomic E-state index is 12.0. The molecule has 2 aliphatic rings. The first-order valence-corrected chi connectivity index (χ1v) is 11.9. The molecule has 0 bridgehead atoms. The van der Waals surface area contributed by atoms with E-state index in [0.717, 1.165) is 25.7 Å². The Morgan fingerprint density at radius 1 is 1.21 bits per heavy atom. The predicted octanol–water partition coefficient (Wildman–Crippen LogP) is 1.55. The zero-order valence-corrected chi connectivity index (χ0v) is 16.5. The Morgan fingerprint density at radius 3 is 2.58 bits per heavy atom. The zero-order valence-electron chi connectivity index (χ0n) is 14.9. The molecular weight excluding hydrogens is 344 g/mol. The Hall–Kier alpha value is -0.470. The third kappa shape index (κ3) is 6.80. The standard InChI is InChI=1S/C16H32N4O2S2/c1-17-16(20-14-7-4-8-15(11-14)23-2)18-9-10-24(21,22)19-12-13-5-3-6-13/h13-15,19H,3-12H2,1-2H3,(H2,17,18,20). The van der Waals surface area contributed by atoms with Crippen LogP contribution in [0.15, 0.2) is 4.99 Å². The van der Waals surface area contributed by atoms with E-state index in [1.807, 2.05) is 11.8 Å². The molecule has 2 unspecified atom stereocenters. The number of hydrogen-bond acceptors (Lipinski definition) is 4. The van der Waals surface area contributed by atoms with Crippen LogP contribution in [0.3, 0.4) is 0 Å². The van der Waals surface area contributed by atoms with Crippen LogP contribution in [-0.2, 0) is 10.0 Å². The van der Waals surface area contributed by atoms with Gasteiger partial charge in [-0.3, -0.25) is 4.99 Å². The highest BCUT2D eigenvalue weighted by atomic mass is 32.2. The molecule has 0 spiro atoms. The summed E-state index contributed by atoms with van der Waals surface area (Å²) in [6.07, 6.45) is 10.5. The van der Waals surface area contributed by atoms with Gasteiger partial charge in [0.2, 0.25) is 10.0 Å². The van der Waals surface area contributed by atoms with E-state index in [9.17, 15) is 8.42 Å². The summed E-state index contributed by atoms with van der Waals surface area (Å²) in [5.41, 5.74) is 0. The van der Waals surface area contributed by atoms with Crippen LogP contribution in [0, 0.1) is 5.92 Å². The number of thioether (sulfide) groups is 1.